The first-order valence-electron chi connectivity index (χ1n) is 5.76. The summed E-state index contributed by atoms with van der Waals surface area (Å²) in [7, 11) is 1.58. The molecular weight excluding hydrogens is 377 g/mol. The Balaban J connectivity index is 2.49. The molecule has 0 amide bonds. The van der Waals surface area contributed by atoms with Crippen molar-refractivity contribution in [3.05, 3.63) is 32.7 Å². The monoisotopic (exact) mass is 389 g/mol. The van der Waals surface area contributed by atoms with E-state index in [9.17, 15) is 0 Å². The topological polar surface area (TPSA) is 47.9 Å². The predicted molar refractivity (Wildman–Crippen MR) is 83.6 cm³/mol. The number of methoxy groups -OCH3 is 1. The van der Waals surface area contributed by atoms with E-state index >= 15 is 0 Å². The summed E-state index contributed by atoms with van der Waals surface area (Å²) in [4.78, 5) is 13.0. The second-order valence-corrected chi connectivity index (χ2v) is 5.72. The Morgan fingerprint density at radius 2 is 2.00 bits per heavy atom. The molecule has 0 spiro atoms. The van der Waals surface area contributed by atoms with E-state index < -0.39 is 0 Å². The molecule has 2 heterocycles. The van der Waals surface area contributed by atoms with Gasteiger partial charge in [-0.3, -0.25) is 0 Å². The first-order chi connectivity index (χ1) is 9.02. The van der Waals surface area contributed by atoms with Crippen LogP contribution in [0.3, 0.4) is 0 Å². The number of pyridine rings is 1. The fraction of sp³-hybridized carbons (Fsp3) is 0.308. The van der Waals surface area contributed by atoms with Gasteiger partial charge in [0.05, 0.1) is 16.4 Å². The van der Waals surface area contributed by atoms with Crippen molar-refractivity contribution >= 4 is 34.2 Å². The van der Waals surface area contributed by atoms with Gasteiger partial charge in [-0.1, -0.05) is 25.4 Å². The second kappa shape index (κ2) is 6.00. The third kappa shape index (κ3) is 3.14. The predicted octanol–water partition coefficient (Wildman–Crippen LogP) is 3.93. The van der Waals surface area contributed by atoms with Crippen LogP contribution >= 0.6 is 34.2 Å². The van der Waals surface area contributed by atoms with E-state index in [1.54, 1.807) is 19.4 Å². The van der Waals surface area contributed by atoms with Crippen molar-refractivity contribution < 1.29 is 4.74 Å². The standard InChI is InChI=1S/C13H13ClIN3O/c1-7(2)11-10(15)12(14)18-13(17-11)8-4-5-9(19-3)16-6-8/h4-7H,1-3H3. The van der Waals surface area contributed by atoms with Crippen molar-refractivity contribution in [2.24, 2.45) is 0 Å². The van der Waals surface area contributed by atoms with Crippen LogP contribution in [0.25, 0.3) is 11.4 Å². The maximum absolute atomic E-state index is 6.17. The molecule has 19 heavy (non-hydrogen) atoms. The number of rotatable bonds is 3. The van der Waals surface area contributed by atoms with Crippen LogP contribution in [0.4, 0.5) is 0 Å². The van der Waals surface area contributed by atoms with Crippen LogP contribution in [0.5, 0.6) is 5.88 Å². The number of nitrogens with zero attached hydrogens (tertiary/aromatic N) is 3. The summed E-state index contributed by atoms with van der Waals surface area (Å²) >= 11 is 8.34. The third-order valence-electron chi connectivity index (χ3n) is 2.59. The number of hydrogen-bond donors (Lipinski definition) is 0. The Bertz CT molecular complexity index is 587. The molecule has 0 aliphatic heterocycles. The van der Waals surface area contributed by atoms with Crippen LogP contribution < -0.4 is 4.74 Å². The molecule has 0 saturated heterocycles. The average molecular weight is 390 g/mol. The smallest absolute Gasteiger partial charge is 0.212 e. The van der Waals surface area contributed by atoms with Crippen molar-refractivity contribution in [2.45, 2.75) is 19.8 Å². The molecule has 0 radical (unpaired) electrons. The van der Waals surface area contributed by atoms with Crippen LogP contribution in [0, 0.1) is 3.57 Å². The van der Waals surface area contributed by atoms with Crippen LogP contribution in [0.2, 0.25) is 5.15 Å². The highest BCUT2D eigenvalue weighted by atomic mass is 127. The minimum absolute atomic E-state index is 0.289. The summed E-state index contributed by atoms with van der Waals surface area (Å²) in [5, 5.41) is 0.477. The first kappa shape index (κ1) is 14.5. The highest BCUT2D eigenvalue weighted by Gasteiger charge is 2.14. The molecule has 0 unspecified atom stereocenters. The number of halogens is 2. The lowest BCUT2D eigenvalue weighted by atomic mass is 10.1. The Kier molecular flexibility index (Phi) is 4.57. The van der Waals surface area contributed by atoms with Gasteiger partial charge >= 0.3 is 0 Å². The Hall–Kier alpha value is -0.950. The zero-order valence-corrected chi connectivity index (χ0v) is 13.7. The largest absolute Gasteiger partial charge is 0.481 e. The van der Waals surface area contributed by atoms with Gasteiger partial charge in [-0.25, -0.2) is 15.0 Å². The first-order valence-corrected chi connectivity index (χ1v) is 7.22. The van der Waals surface area contributed by atoms with Crippen molar-refractivity contribution in [3.8, 4) is 17.3 Å². The van der Waals surface area contributed by atoms with Gasteiger partial charge in [0, 0.05) is 17.8 Å². The van der Waals surface area contributed by atoms with Gasteiger partial charge in [-0.2, -0.15) is 0 Å². The van der Waals surface area contributed by atoms with Gasteiger partial charge < -0.3 is 4.74 Å². The van der Waals surface area contributed by atoms with Crippen molar-refractivity contribution in [2.75, 3.05) is 7.11 Å². The third-order valence-corrected chi connectivity index (χ3v) is 4.24. The maximum Gasteiger partial charge on any atom is 0.212 e. The maximum atomic E-state index is 6.17. The average Bonchev–Trinajstić information content (AvgIpc) is 2.41. The molecule has 0 bridgehead atoms. The zero-order chi connectivity index (χ0) is 14.0. The summed E-state index contributed by atoms with van der Waals surface area (Å²) < 4.78 is 5.93. The quantitative estimate of drug-likeness (QED) is 0.589. The molecule has 0 aromatic carbocycles. The highest BCUT2D eigenvalue weighted by molar-refractivity contribution is 14.1. The lowest BCUT2D eigenvalue weighted by Gasteiger charge is -2.10. The SMILES string of the molecule is COc1ccc(-c2nc(Cl)c(I)c(C(C)C)n2)cn1. The lowest BCUT2D eigenvalue weighted by Crippen LogP contribution is -2.02. The normalized spacial score (nSPS) is 10.8. The molecule has 2 aromatic rings. The van der Waals surface area contributed by atoms with Crippen LogP contribution in [0.1, 0.15) is 25.5 Å². The number of hydrogen-bond acceptors (Lipinski definition) is 4. The van der Waals surface area contributed by atoms with Gasteiger partial charge in [-0.15, -0.1) is 0 Å². The van der Waals surface area contributed by atoms with Crippen LogP contribution in [-0.4, -0.2) is 22.1 Å². The van der Waals surface area contributed by atoms with Gasteiger partial charge in [0.25, 0.3) is 0 Å². The number of aromatic nitrogens is 3. The molecule has 0 fully saturated rings. The van der Waals surface area contributed by atoms with Gasteiger partial charge in [-0.05, 0) is 34.6 Å². The molecule has 6 heteroatoms. The van der Waals surface area contributed by atoms with Crippen molar-refractivity contribution in [1.29, 1.82) is 0 Å². The lowest BCUT2D eigenvalue weighted by molar-refractivity contribution is 0.398. The molecule has 0 saturated carbocycles. The Morgan fingerprint density at radius 1 is 1.26 bits per heavy atom. The fourth-order valence-electron chi connectivity index (χ4n) is 1.58. The second-order valence-electron chi connectivity index (χ2n) is 4.28. The zero-order valence-electron chi connectivity index (χ0n) is 10.8. The molecule has 4 nitrogen and oxygen atoms in total. The fourth-order valence-corrected chi connectivity index (χ4v) is 2.62. The number of ether oxygens (including phenoxy) is 1. The highest BCUT2D eigenvalue weighted by Crippen LogP contribution is 2.28. The molecule has 0 N–H and O–H groups in total. The summed E-state index contributed by atoms with van der Waals surface area (Å²) in [5.74, 6) is 1.44. The van der Waals surface area contributed by atoms with E-state index in [-0.39, 0.29) is 5.92 Å². The molecule has 2 aromatic heterocycles. The van der Waals surface area contributed by atoms with E-state index in [0.717, 1.165) is 14.8 Å². The van der Waals surface area contributed by atoms with Crippen molar-refractivity contribution in [3.63, 3.8) is 0 Å². The summed E-state index contributed by atoms with van der Waals surface area (Å²) in [6.45, 7) is 4.16. The summed E-state index contributed by atoms with van der Waals surface area (Å²) in [6, 6.07) is 3.65. The van der Waals surface area contributed by atoms with E-state index in [4.69, 9.17) is 16.3 Å². The molecule has 0 aliphatic carbocycles. The Labute approximate surface area is 130 Å². The van der Waals surface area contributed by atoms with E-state index in [1.807, 2.05) is 6.07 Å². The van der Waals surface area contributed by atoms with E-state index in [1.165, 1.54) is 0 Å². The van der Waals surface area contributed by atoms with E-state index in [2.05, 4.69) is 51.4 Å². The van der Waals surface area contributed by atoms with Gasteiger partial charge in [0.15, 0.2) is 5.82 Å². The molecular formula is C13H13ClIN3O. The van der Waals surface area contributed by atoms with Crippen LogP contribution in [-0.2, 0) is 0 Å². The summed E-state index contributed by atoms with van der Waals surface area (Å²) in [6.07, 6.45) is 1.68. The molecule has 0 atom stereocenters. The molecule has 100 valence electrons. The van der Waals surface area contributed by atoms with Crippen molar-refractivity contribution in [1.82, 2.24) is 15.0 Å². The molecule has 2 rings (SSSR count). The molecule has 0 aliphatic rings. The van der Waals surface area contributed by atoms with Gasteiger partial charge in [0.1, 0.15) is 5.15 Å². The summed E-state index contributed by atoms with van der Waals surface area (Å²) in [5.41, 5.74) is 1.77. The van der Waals surface area contributed by atoms with Crippen LogP contribution in [0.15, 0.2) is 18.3 Å². The van der Waals surface area contributed by atoms with E-state index in [0.29, 0.717) is 16.9 Å². The minimum atomic E-state index is 0.289. The van der Waals surface area contributed by atoms with Gasteiger partial charge in [0.2, 0.25) is 5.88 Å². The minimum Gasteiger partial charge on any atom is -0.481 e. The Morgan fingerprint density at radius 3 is 2.53 bits per heavy atom.